The Labute approximate surface area is 206 Å². The maximum absolute atomic E-state index is 10.9. The number of hydrogen-bond donors (Lipinski definition) is 1. The van der Waals surface area contributed by atoms with Crippen LogP contribution < -0.4 is 0 Å². The highest BCUT2D eigenvalue weighted by atomic mass is 28.4. The maximum Gasteiger partial charge on any atom is 0.192 e. The molecule has 0 radical (unpaired) electrons. The molecule has 1 unspecified atom stereocenters. The first kappa shape index (κ1) is 24.1. The van der Waals surface area contributed by atoms with Crippen LogP contribution in [0.4, 0.5) is 0 Å². The zero-order valence-corrected chi connectivity index (χ0v) is 23.3. The van der Waals surface area contributed by atoms with Gasteiger partial charge in [0.15, 0.2) is 14.1 Å². The van der Waals surface area contributed by atoms with Crippen molar-refractivity contribution >= 4 is 8.32 Å². The van der Waals surface area contributed by atoms with E-state index in [4.69, 9.17) is 16.6 Å². The van der Waals surface area contributed by atoms with E-state index in [1.54, 1.807) is 19.9 Å². The standard InChI is InChI=1S/C28H48O4Si/c1-10-11-12-20(2)24(29)14-13-22-23-17-28(30-18-27(6,7)19-31-28)16-21(23)15-25(22)32-33(8,9)26(3,4)5/h13-14,20-25,29H,12,15-19H2,1-9H3/b14-13+/t20?,21-,22-,23+,24-,25-/m1/s1/i12D2. The van der Waals surface area contributed by atoms with E-state index in [-0.39, 0.29) is 22.5 Å². The molecule has 1 N–H and O–H groups in total. The molecule has 2 saturated carbocycles. The summed E-state index contributed by atoms with van der Waals surface area (Å²) in [5.41, 5.74) is 0.0386. The lowest BCUT2D eigenvalue weighted by atomic mass is 9.89. The van der Waals surface area contributed by atoms with Gasteiger partial charge in [0.1, 0.15) is 0 Å². The number of rotatable bonds is 6. The zero-order chi connectivity index (χ0) is 26.4. The molecule has 5 heteroatoms. The molecule has 0 aromatic carbocycles. The SMILES string of the molecule is [2H]C([2H])(C#CC)C(C)[C@H](O)/C=C/[C@@H]1[C@H]2CC3(C[C@H]2C[C@H]1O[Si](C)(C)C(C)(C)C)OCC(C)(C)CO3. The van der Waals surface area contributed by atoms with Crippen molar-refractivity contribution in [2.24, 2.45) is 29.1 Å². The van der Waals surface area contributed by atoms with Crippen molar-refractivity contribution in [1.82, 2.24) is 0 Å². The average molecular weight is 479 g/mol. The predicted molar refractivity (Wildman–Crippen MR) is 137 cm³/mol. The molecule has 1 heterocycles. The fourth-order valence-electron chi connectivity index (χ4n) is 5.20. The largest absolute Gasteiger partial charge is 0.413 e. The quantitative estimate of drug-likeness (QED) is 0.282. The summed E-state index contributed by atoms with van der Waals surface area (Å²) in [4.78, 5) is 0. The normalized spacial score (nSPS) is 34.4. The molecule has 1 spiro atoms. The molecule has 3 rings (SSSR count). The fraction of sp³-hybridized carbons (Fsp3) is 0.857. The summed E-state index contributed by atoms with van der Waals surface area (Å²) < 4.78 is 36.1. The summed E-state index contributed by atoms with van der Waals surface area (Å²) in [6, 6.07) is 0. The summed E-state index contributed by atoms with van der Waals surface area (Å²) in [5.74, 6) is 5.07. The van der Waals surface area contributed by atoms with Gasteiger partial charge in [0.05, 0.1) is 25.4 Å². The van der Waals surface area contributed by atoms with Gasteiger partial charge in [-0.15, -0.1) is 11.8 Å². The third-order valence-electron chi connectivity index (χ3n) is 8.36. The Morgan fingerprint density at radius 1 is 1.24 bits per heavy atom. The number of aliphatic hydroxyl groups excluding tert-OH is 1. The Kier molecular flexibility index (Phi) is 7.13. The Balaban J connectivity index is 1.82. The van der Waals surface area contributed by atoms with E-state index in [1.807, 2.05) is 0 Å². The number of aliphatic hydroxyl groups is 1. The van der Waals surface area contributed by atoms with Crippen LogP contribution in [0.25, 0.3) is 0 Å². The first-order valence-corrected chi connectivity index (χ1v) is 15.6. The molecule has 0 amide bonds. The molecule has 0 aromatic heterocycles. The maximum atomic E-state index is 10.9. The van der Waals surface area contributed by atoms with Crippen LogP contribution in [0.15, 0.2) is 12.2 Å². The van der Waals surface area contributed by atoms with Crippen molar-refractivity contribution in [1.29, 1.82) is 0 Å². The van der Waals surface area contributed by atoms with Gasteiger partial charge in [-0.25, -0.2) is 0 Å². The summed E-state index contributed by atoms with van der Waals surface area (Å²) in [6.45, 7) is 20.5. The molecule has 3 fully saturated rings. The van der Waals surface area contributed by atoms with Gasteiger partial charge >= 0.3 is 0 Å². The number of fused-ring (bicyclic) bond motifs is 1. The van der Waals surface area contributed by atoms with Gasteiger partial charge in [-0.3, -0.25) is 0 Å². The van der Waals surface area contributed by atoms with Crippen molar-refractivity contribution in [2.75, 3.05) is 13.2 Å². The second-order valence-electron chi connectivity index (χ2n) is 12.9. The van der Waals surface area contributed by atoms with Crippen molar-refractivity contribution in [3.63, 3.8) is 0 Å². The molecule has 4 nitrogen and oxygen atoms in total. The van der Waals surface area contributed by atoms with E-state index < -0.39 is 32.5 Å². The molecule has 6 atom stereocenters. The van der Waals surface area contributed by atoms with Crippen LogP contribution in [0.5, 0.6) is 0 Å². The predicted octanol–water partition coefficient (Wildman–Crippen LogP) is 6.16. The summed E-state index contributed by atoms with van der Waals surface area (Å²) in [7, 11) is -1.98. The van der Waals surface area contributed by atoms with Crippen LogP contribution in [0.1, 0.15) is 76.8 Å². The minimum atomic E-state index is -1.98. The molecule has 33 heavy (non-hydrogen) atoms. The number of hydrogen-bond acceptors (Lipinski definition) is 4. The highest BCUT2D eigenvalue weighted by Gasteiger charge is 2.58. The Bertz CT molecular complexity index is 841. The lowest BCUT2D eigenvalue weighted by molar-refractivity contribution is -0.298. The van der Waals surface area contributed by atoms with E-state index in [1.165, 1.54) is 0 Å². The number of ether oxygens (including phenoxy) is 2. The third kappa shape index (κ3) is 6.14. The van der Waals surface area contributed by atoms with Crippen molar-refractivity contribution in [3.05, 3.63) is 12.2 Å². The Hall–Kier alpha value is -0.643. The summed E-state index contributed by atoms with van der Waals surface area (Å²) >= 11 is 0. The Morgan fingerprint density at radius 3 is 2.45 bits per heavy atom. The van der Waals surface area contributed by atoms with Crippen molar-refractivity contribution in [2.45, 2.75) is 110 Å². The third-order valence-corrected chi connectivity index (χ3v) is 12.9. The van der Waals surface area contributed by atoms with Gasteiger partial charge in [0.2, 0.25) is 0 Å². The van der Waals surface area contributed by atoms with Crippen molar-refractivity contribution in [3.8, 4) is 11.8 Å². The van der Waals surface area contributed by atoms with E-state index in [2.05, 4.69) is 65.6 Å². The van der Waals surface area contributed by atoms with Crippen LogP contribution in [0, 0.1) is 40.9 Å². The van der Waals surface area contributed by atoms with Gasteiger partial charge in [-0.1, -0.05) is 53.7 Å². The van der Waals surface area contributed by atoms with Crippen LogP contribution >= 0.6 is 0 Å². The summed E-state index contributed by atoms with van der Waals surface area (Å²) in [5, 5.41) is 11.0. The lowest BCUT2D eigenvalue weighted by Gasteiger charge is -2.43. The fourth-order valence-corrected chi connectivity index (χ4v) is 6.57. The summed E-state index contributed by atoms with van der Waals surface area (Å²) in [6.07, 6.45) is 4.01. The minimum absolute atomic E-state index is 0.0386. The van der Waals surface area contributed by atoms with Crippen LogP contribution in [-0.4, -0.2) is 44.6 Å². The molecule has 0 bridgehead atoms. The zero-order valence-electron chi connectivity index (χ0n) is 24.3. The molecule has 0 aromatic rings. The topological polar surface area (TPSA) is 47.9 Å². The molecule has 3 aliphatic rings. The van der Waals surface area contributed by atoms with Gasteiger partial charge in [0, 0.05) is 33.3 Å². The molecule has 2 aliphatic carbocycles. The average Bonchev–Trinajstić information content (AvgIpc) is 3.21. The van der Waals surface area contributed by atoms with E-state index in [9.17, 15) is 5.11 Å². The molecule has 1 saturated heterocycles. The minimum Gasteiger partial charge on any atom is -0.413 e. The van der Waals surface area contributed by atoms with Gasteiger partial charge in [-0.05, 0) is 49.2 Å². The van der Waals surface area contributed by atoms with Gasteiger partial charge in [0.25, 0.3) is 0 Å². The lowest BCUT2D eigenvalue weighted by Crippen LogP contribution is -2.47. The second-order valence-corrected chi connectivity index (χ2v) is 17.7. The van der Waals surface area contributed by atoms with Crippen molar-refractivity contribution < 1.29 is 21.7 Å². The van der Waals surface area contributed by atoms with Gasteiger partial charge in [-0.2, -0.15) is 0 Å². The first-order chi connectivity index (χ1) is 15.9. The molecular weight excluding hydrogens is 428 g/mol. The molecular formula is C28H48O4Si. The molecule has 188 valence electrons. The van der Waals surface area contributed by atoms with E-state index >= 15 is 0 Å². The highest BCUT2D eigenvalue weighted by Crippen LogP contribution is 2.57. The van der Waals surface area contributed by atoms with Crippen LogP contribution in [0.2, 0.25) is 18.1 Å². The monoisotopic (exact) mass is 478 g/mol. The van der Waals surface area contributed by atoms with Crippen LogP contribution in [-0.2, 0) is 13.9 Å². The molecule has 1 aliphatic heterocycles. The Morgan fingerprint density at radius 2 is 1.88 bits per heavy atom. The first-order valence-electron chi connectivity index (χ1n) is 13.7. The second kappa shape index (κ2) is 9.78. The smallest absolute Gasteiger partial charge is 0.192 e. The van der Waals surface area contributed by atoms with E-state index in [0.29, 0.717) is 25.0 Å². The van der Waals surface area contributed by atoms with Crippen LogP contribution in [0.3, 0.4) is 0 Å². The highest BCUT2D eigenvalue weighted by molar-refractivity contribution is 6.74. The van der Waals surface area contributed by atoms with E-state index in [0.717, 1.165) is 19.3 Å². The van der Waals surface area contributed by atoms with Gasteiger partial charge < -0.3 is 19.0 Å².